The van der Waals surface area contributed by atoms with Crippen LogP contribution in [0.15, 0.2) is 0 Å². The molecule has 0 aromatic heterocycles. The van der Waals surface area contributed by atoms with Gasteiger partial charge in [0.2, 0.25) is 5.91 Å². The molecule has 1 fully saturated rings. The molecule has 0 saturated carbocycles. The summed E-state index contributed by atoms with van der Waals surface area (Å²) < 4.78 is 20.6. The number of nitrogens with one attached hydrogen (secondary N) is 1. The summed E-state index contributed by atoms with van der Waals surface area (Å²) in [4.78, 5) is 33.4. The van der Waals surface area contributed by atoms with Crippen molar-refractivity contribution in [3.05, 3.63) is 0 Å². The molecule has 0 spiro atoms. The van der Waals surface area contributed by atoms with Gasteiger partial charge in [-0.05, 0) is 0 Å². The monoisotopic (exact) mass is 319 g/mol. The molecule has 1 aliphatic heterocycles. The first-order valence-electron chi connectivity index (χ1n) is 6.70. The normalized spacial score (nSPS) is 31.2. The lowest BCUT2D eigenvalue weighted by atomic mass is 9.96. The Bertz CT molecular complexity index is 426. The van der Waals surface area contributed by atoms with Crippen LogP contribution in [0, 0.1) is 0 Å². The van der Waals surface area contributed by atoms with Gasteiger partial charge in [0.05, 0.1) is 0 Å². The second-order valence-electron chi connectivity index (χ2n) is 4.87. The summed E-state index contributed by atoms with van der Waals surface area (Å²) >= 11 is 0. The van der Waals surface area contributed by atoms with Gasteiger partial charge in [-0.1, -0.05) is 0 Å². The first kappa shape index (κ1) is 18.3. The summed E-state index contributed by atoms with van der Waals surface area (Å²) in [7, 11) is 1.35. The Morgan fingerprint density at radius 2 is 1.77 bits per heavy atom. The van der Waals surface area contributed by atoms with Crippen molar-refractivity contribution in [2.45, 2.75) is 51.4 Å². The quantitative estimate of drug-likeness (QED) is 0.601. The SMILES string of the molecule is COC1C(COC(C)=O)OC(O)C(NC(C)=O)C1OC(C)=O. The number of aliphatic hydroxyl groups is 1. The van der Waals surface area contributed by atoms with Gasteiger partial charge in [0.1, 0.15) is 24.9 Å². The average Bonchev–Trinajstić information content (AvgIpc) is 2.39. The van der Waals surface area contributed by atoms with Gasteiger partial charge < -0.3 is 29.4 Å². The van der Waals surface area contributed by atoms with E-state index in [0.717, 1.165) is 0 Å². The van der Waals surface area contributed by atoms with Gasteiger partial charge in [0, 0.05) is 27.9 Å². The van der Waals surface area contributed by atoms with Crippen LogP contribution < -0.4 is 5.32 Å². The maximum Gasteiger partial charge on any atom is 0.303 e. The zero-order valence-electron chi connectivity index (χ0n) is 12.9. The van der Waals surface area contributed by atoms with E-state index in [0.29, 0.717) is 0 Å². The number of carbonyl (C=O) groups excluding carboxylic acids is 3. The van der Waals surface area contributed by atoms with E-state index >= 15 is 0 Å². The highest BCUT2D eigenvalue weighted by Gasteiger charge is 2.48. The van der Waals surface area contributed by atoms with Crippen molar-refractivity contribution in [1.82, 2.24) is 5.32 Å². The van der Waals surface area contributed by atoms with Gasteiger partial charge in [0.15, 0.2) is 12.4 Å². The summed E-state index contributed by atoms with van der Waals surface area (Å²) in [6.07, 6.45) is -4.11. The zero-order valence-corrected chi connectivity index (χ0v) is 12.9. The lowest BCUT2D eigenvalue weighted by Gasteiger charge is -2.43. The number of rotatable bonds is 5. The van der Waals surface area contributed by atoms with E-state index in [9.17, 15) is 19.5 Å². The number of aliphatic hydroxyl groups excluding tert-OH is 1. The third kappa shape index (κ3) is 4.93. The summed E-state index contributed by atoms with van der Waals surface area (Å²) in [5, 5.41) is 12.5. The Hall–Kier alpha value is -1.71. The maximum atomic E-state index is 11.3. The van der Waals surface area contributed by atoms with E-state index in [1.807, 2.05) is 0 Å². The second-order valence-corrected chi connectivity index (χ2v) is 4.87. The van der Waals surface area contributed by atoms with Crippen LogP contribution in [0.1, 0.15) is 20.8 Å². The zero-order chi connectivity index (χ0) is 16.9. The molecule has 1 rings (SSSR count). The first-order valence-corrected chi connectivity index (χ1v) is 6.70. The maximum absolute atomic E-state index is 11.3. The van der Waals surface area contributed by atoms with Gasteiger partial charge in [-0.3, -0.25) is 14.4 Å². The van der Waals surface area contributed by atoms with E-state index in [1.165, 1.54) is 27.9 Å². The van der Waals surface area contributed by atoms with Crippen LogP contribution in [0.3, 0.4) is 0 Å². The molecule has 0 radical (unpaired) electrons. The molecule has 0 bridgehead atoms. The molecule has 1 heterocycles. The molecule has 1 aliphatic rings. The van der Waals surface area contributed by atoms with E-state index in [2.05, 4.69) is 5.32 Å². The summed E-state index contributed by atoms with van der Waals surface area (Å²) in [6.45, 7) is 3.49. The molecular formula is C13H21NO8. The Labute approximate surface area is 127 Å². The molecule has 22 heavy (non-hydrogen) atoms. The van der Waals surface area contributed by atoms with Crippen molar-refractivity contribution in [2.24, 2.45) is 0 Å². The van der Waals surface area contributed by atoms with E-state index < -0.39 is 48.5 Å². The van der Waals surface area contributed by atoms with Gasteiger partial charge in [-0.15, -0.1) is 0 Å². The van der Waals surface area contributed by atoms with Crippen molar-refractivity contribution < 1.29 is 38.4 Å². The predicted octanol–water partition coefficient (Wildman–Crippen LogP) is -1.28. The lowest BCUT2D eigenvalue weighted by molar-refractivity contribution is -0.264. The van der Waals surface area contributed by atoms with Gasteiger partial charge in [-0.25, -0.2) is 0 Å². The molecule has 5 atom stereocenters. The van der Waals surface area contributed by atoms with Crippen LogP contribution in [-0.2, 0) is 33.3 Å². The Morgan fingerprint density at radius 3 is 2.23 bits per heavy atom. The first-order chi connectivity index (χ1) is 10.3. The highest BCUT2D eigenvalue weighted by molar-refractivity contribution is 5.73. The molecule has 5 unspecified atom stereocenters. The van der Waals surface area contributed by atoms with Crippen molar-refractivity contribution in [1.29, 1.82) is 0 Å². The number of hydrogen-bond acceptors (Lipinski definition) is 8. The standard InChI is InChI=1S/C13H21NO8/c1-6(15)14-10-12(21-8(3)17)11(19-4)9(22-13(10)18)5-20-7(2)16/h9-13,18H,5H2,1-4H3,(H,14,15). The molecule has 0 aromatic rings. The fourth-order valence-electron chi connectivity index (χ4n) is 2.26. The predicted molar refractivity (Wildman–Crippen MR) is 71.5 cm³/mol. The lowest BCUT2D eigenvalue weighted by Crippen LogP contribution is -2.65. The Kier molecular flexibility index (Phi) is 6.72. The smallest absolute Gasteiger partial charge is 0.303 e. The minimum absolute atomic E-state index is 0.185. The molecule has 9 nitrogen and oxygen atoms in total. The highest BCUT2D eigenvalue weighted by atomic mass is 16.7. The second kappa shape index (κ2) is 8.06. The minimum atomic E-state index is -1.44. The number of amides is 1. The van der Waals surface area contributed by atoms with Gasteiger partial charge >= 0.3 is 11.9 Å². The van der Waals surface area contributed by atoms with Crippen LogP contribution in [0.2, 0.25) is 0 Å². The van der Waals surface area contributed by atoms with Crippen molar-refractivity contribution in [2.75, 3.05) is 13.7 Å². The van der Waals surface area contributed by atoms with Crippen LogP contribution in [-0.4, -0.2) is 67.3 Å². The van der Waals surface area contributed by atoms with Crippen molar-refractivity contribution in [3.63, 3.8) is 0 Å². The van der Waals surface area contributed by atoms with Crippen LogP contribution >= 0.6 is 0 Å². The van der Waals surface area contributed by atoms with Gasteiger partial charge in [-0.2, -0.15) is 0 Å². The fraction of sp³-hybridized carbons (Fsp3) is 0.769. The summed E-state index contributed by atoms with van der Waals surface area (Å²) in [5.41, 5.74) is 0. The third-order valence-electron chi connectivity index (χ3n) is 3.06. The van der Waals surface area contributed by atoms with Crippen LogP contribution in [0.4, 0.5) is 0 Å². The van der Waals surface area contributed by atoms with E-state index in [-0.39, 0.29) is 6.61 Å². The molecule has 1 saturated heterocycles. The Morgan fingerprint density at radius 1 is 1.14 bits per heavy atom. The number of methoxy groups -OCH3 is 1. The molecule has 0 aliphatic carbocycles. The molecule has 1 amide bonds. The number of ether oxygens (including phenoxy) is 4. The number of esters is 2. The van der Waals surface area contributed by atoms with Gasteiger partial charge in [0.25, 0.3) is 0 Å². The van der Waals surface area contributed by atoms with Crippen LogP contribution in [0.5, 0.6) is 0 Å². The minimum Gasteiger partial charge on any atom is -0.463 e. The summed E-state index contributed by atoms with van der Waals surface area (Å²) in [6, 6.07) is -1.00. The molecule has 2 N–H and O–H groups in total. The molecule has 0 aromatic carbocycles. The van der Waals surface area contributed by atoms with Crippen molar-refractivity contribution >= 4 is 17.8 Å². The van der Waals surface area contributed by atoms with Crippen molar-refractivity contribution in [3.8, 4) is 0 Å². The molecule has 126 valence electrons. The highest BCUT2D eigenvalue weighted by Crippen LogP contribution is 2.25. The number of hydrogen-bond donors (Lipinski definition) is 2. The van der Waals surface area contributed by atoms with E-state index in [1.54, 1.807) is 0 Å². The largest absolute Gasteiger partial charge is 0.463 e. The van der Waals surface area contributed by atoms with Crippen LogP contribution in [0.25, 0.3) is 0 Å². The Balaban J connectivity index is 2.96. The van der Waals surface area contributed by atoms with E-state index in [4.69, 9.17) is 18.9 Å². The summed E-state index contributed by atoms with van der Waals surface area (Å²) in [5.74, 6) is -1.57. The fourth-order valence-corrected chi connectivity index (χ4v) is 2.26. The third-order valence-corrected chi connectivity index (χ3v) is 3.06. The molecular weight excluding hydrogens is 298 g/mol. The topological polar surface area (TPSA) is 120 Å². The molecule has 9 heteroatoms. The average molecular weight is 319 g/mol. The number of carbonyl (C=O) groups is 3.